The Labute approximate surface area is 126 Å². The Kier molecular flexibility index (Phi) is 5.00. The van der Waals surface area contributed by atoms with Crippen molar-refractivity contribution in [2.45, 2.75) is 4.90 Å². The first kappa shape index (κ1) is 15.1. The first-order valence-corrected chi connectivity index (χ1v) is 7.52. The third-order valence-corrected chi connectivity index (χ3v) is 4.13. The van der Waals surface area contributed by atoms with Gasteiger partial charge in [0.2, 0.25) is 0 Å². The molecule has 0 aliphatic heterocycles. The number of nitrogens with two attached hydrogens (primary N) is 1. The lowest BCUT2D eigenvalue weighted by Crippen LogP contribution is -2.00. The van der Waals surface area contributed by atoms with Gasteiger partial charge in [0, 0.05) is 21.6 Å². The van der Waals surface area contributed by atoms with E-state index in [1.54, 1.807) is 44.6 Å². The highest BCUT2D eigenvalue weighted by Gasteiger charge is 2.07. The van der Waals surface area contributed by atoms with Gasteiger partial charge in [0.05, 0.1) is 25.0 Å². The molecule has 110 valence electrons. The van der Waals surface area contributed by atoms with E-state index < -0.39 is 10.8 Å². The molecular weight excluding hydrogens is 286 g/mol. The van der Waals surface area contributed by atoms with Crippen molar-refractivity contribution < 1.29 is 13.7 Å². The Hall–Kier alpha value is -2.27. The van der Waals surface area contributed by atoms with Gasteiger partial charge >= 0.3 is 0 Å². The van der Waals surface area contributed by atoms with Gasteiger partial charge in [-0.3, -0.25) is 0 Å². The topological polar surface area (TPSA) is 61.5 Å². The molecule has 0 heterocycles. The summed E-state index contributed by atoms with van der Waals surface area (Å²) in [5.41, 5.74) is 7.18. The third kappa shape index (κ3) is 3.64. The van der Waals surface area contributed by atoms with Crippen LogP contribution in [0.3, 0.4) is 0 Å². The van der Waals surface area contributed by atoms with Crippen LogP contribution in [-0.2, 0) is 10.8 Å². The van der Waals surface area contributed by atoms with E-state index in [9.17, 15) is 4.21 Å². The van der Waals surface area contributed by atoms with Crippen LogP contribution >= 0.6 is 0 Å². The molecule has 0 spiro atoms. The normalized spacial score (nSPS) is 12.8. The summed E-state index contributed by atoms with van der Waals surface area (Å²) in [5.74, 6) is 1.20. The van der Waals surface area contributed by atoms with Gasteiger partial charge < -0.3 is 15.2 Å². The lowest BCUT2D eigenvalue weighted by Gasteiger charge is -2.09. The van der Waals surface area contributed by atoms with E-state index in [2.05, 4.69) is 0 Å². The summed E-state index contributed by atoms with van der Waals surface area (Å²) in [6, 6.07) is 14.5. The molecule has 2 aromatic rings. The molecule has 2 N–H and O–H groups in total. The van der Waals surface area contributed by atoms with Crippen LogP contribution in [0.2, 0.25) is 0 Å². The summed E-state index contributed by atoms with van der Waals surface area (Å²) in [4.78, 5) is 0.709. The second-order valence-electron chi connectivity index (χ2n) is 4.25. The minimum absolute atomic E-state index is 0.429. The first-order chi connectivity index (χ1) is 10.2. The van der Waals surface area contributed by atoms with Crippen molar-refractivity contribution in [3.63, 3.8) is 0 Å². The second kappa shape index (κ2) is 6.95. The van der Waals surface area contributed by atoms with Crippen molar-refractivity contribution in [1.82, 2.24) is 0 Å². The number of hydrogen-bond donors (Lipinski definition) is 1. The summed E-state index contributed by atoms with van der Waals surface area (Å²) < 4.78 is 22.6. The average Bonchev–Trinajstić information content (AvgIpc) is 2.54. The zero-order valence-corrected chi connectivity index (χ0v) is 12.7. The van der Waals surface area contributed by atoms with Crippen LogP contribution in [-0.4, -0.2) is 18.4 Å². The van der Waals surface area contributed by atoms with Crippen LogP contribution in [0.1, 0.15) is 5.56 Å². The number of hydrogen-bond acceptors (Lipinski definition) is 4. The van der Waals surface area contributed by atoms with Crippen molar-refractivity contribution >= 4 is 16.5 Å². The Morgan fingerprint density at radius 1 is 1.05 bits per heavy atom. The summed E-state index contributed by atoms with van der Waals surface area (Å²) in [6.45, 7) is 0. The van der Waals surface area contributed by atoms with Crippen LogP contribution in [0.25, 0.3) is 5.70 Å². The Morgan fingerprint density at radius 2 is 1.71 bits per heavy atom. The maximum Gasteiger partial charge on any atom is 0.161 e. The summed E-state index contributed by atoms with van der Waals surface area (Å²) in [6.07, 6.45) is 0. The van der Waals surface area contributed by atoms with E-state index in [1.807, 2.05) is 18.2 Å². The molecule has 5 heteroatoms. The molecule has 21 heavy (non-hydrogen) atoms. The predicted octanol–water partition coefficient (Wildman–Crippen LogP) is 2.77. The third-order valence-electron chi connectivity index (χ3n) is 2.93. The fourth-order valence-electron chi connectivity index (χ4n) is 1.82. The molecular formula is C16H17NO3S. The number of methoxy groups -OCH3 is 2. The smallest absolute Gasteiger partial charge is 0.161 e. The van der Waals surface area contributed by atoms with Gasteiger partial charge in [-0.25, -0.2) is 4.21 Å². The van der Waals surface area contributed by atoms with Crippen molar-refractivity contribution in [3.8, 4) is 11.5 Å². The van der Waals surface area contributed by atoms with Gasteiger partial charge in [0.25, 0.3) is 0 Å². The molecule has 2 rings (SSSR count). The molecule has 0 aliphatic carbocycles. The van der Waals surface area contributed by atoms with Crippen LogP contribution in [0, 0.1) is 0 Å². The van der Waals surface area contributed by atoms with Crippen molar-refractivity contribution in [1.29, 1.82) is 0 Å². The van der Waals surface area contributed by atoms with E-state index in [-0.39, 0.29) is 0 Å². The minimum atomic E-state index is -1.29. The maximum atomic E-state index is 12.2. The van der Waals surface area contributed by atoms with Crippen LogP contribution < -0.4 is 15.2 Å². The molecule has 1 unspecified atom stereocenters. The standard InChI is InChI=1S/C16H17NO3S/c1-19-15-9-8-12(10-16(15)20-2)14(17)11-21(18)13-6-4-3-5-7-13/h3-11H,17H2,1-2H3/b14-11-. The fourth-order valence-corrected chi connectivity index (χ4v) is 2.75. The number of benzene rings is 2. The number of rotatable bonds is 5. The quantitative estimate of drug-likeness (QED) is 0.922. The largest absolute Gasteiger partial charge is 0.493 e. The molecule has 0 saturated heterocycles. The van der Waals surface area contributed by atoms with Gasteiger partial charge in [-0.15, -0.1) is 0 Å². The minimum Gasteiger partial charge on any atom is -0.493 e. The number of ether oxygens (including phenoxy) is 2. The van der Waals surface area contributed by atoms with E-state index in [0.717, 1.165) is 5.56 Å². The highest BCUT2D eigenvalue weighted by atomic mass is 32.2. The maximum absolute atomic E-state index is 12.2. The lowest BCUT2D eigenvalue weighted by molar-refractivity contribution is 0.355. The monoisotopic (exact) mass is 303 g/mol. The van der Waals surface area contributed by atoms with Crippen LogP contribution in [0.15, 0.2) is 58.8 Å². The Morgan fingerprint density at radius 3 is 2.33 bits per heavy atom. The SMILES string of the molecule is COc1ccc(/C(N)=C/S(=O)c2ccccc2)cc1OC. The van der Waals surface area contributed by atoms with Crippen LogP contribution in [0.4, 0.5) is 0 Å². The summed E-state index contributed by atoms with van der Waals surface area (Å²) >= 11 is 0. The van der Waals surface area contributed by atoms with E-state index in [0.29, 0.717) is 22.1 Å². The zero-order valence-electron chi connectivity index (χ0n) is 11.9. The van der Waals surface area contributed by atoms with Gasteiger partial charge in [-0.2, -0.15) is 0 Å². The highest BCUT2D eigenvalue weighted by molar-refractivity contribution is 7.88. The van der Waals surface area contributed by atoms with Crippen molar-refractivity contribution in [2.24, 2.45) is 5.73 Å². The zero-order chi connectivity index (χ0) is 15.2. The Bertz CT molecular complexity index is 668. The first-order valence-electron chi connectivity index (χ1n) is 6.31. The molecule has 0 fully saturated rings. The fraction of sp³-hybridized carbons (Fsp3) is 0.125. The van der Waals surface area contributed by atoms with E-state index >= 15 is 0 Å². The molecule has 0 bridgehead atoms. The molecule has 0 radical (unpaired) electrons. The molecule has 0 saturated carbocycles. The van der Waals surface area contributed by atoms with Gasteiger partial charge in [0.1, 0.15) is 0 Å². The molecule has 2 aromatic carbocycles. The highest BCUT2D eigenvalue weighted by Crippen LogP contribution is 2.29. The van der Waals surface area contributed by atoms with Gasteiger partial charge in [-0.05, 0) is 30.3 Å². The molecule has 0 aromatic heterocycles. The Balaban J connectivity index is 2.29. The molecule has 0 amide bonds. The molecule has 1 atom stereocenters. The van der Waals surface area contributed by atoms with Gasteiger partial charge in [-0.1, -0.05) is 18.2 Å². The van der Waals surface area contributed by atoms with Crippen molar-refractivity contribution in [2.75, 3.05) is 14.2 Å². The van der Waals surface area contributed by atoms with E-state index in [4.69, 9.17) is 15.2 Å². The average molecular weight is 303 g/mol. The van der Waals surface area contributed by atoms with Gasteiger partial charge in [0.15, 0.2) is 11.5 Å². The predicted molar refractivity (Wildman–Crippen MR) is 84.6 cm³/mol. The van der Waals surface area contributed by atoms with Crippen LogP contribution in [0.5, 0.6) is 11.5 Å². The summed E-state index contributed by atoms with van der Waals surface area (Å²) in [7, 11) is 1.84. The van der Waals surface area contributed by atoms with Crippen molar-refractivity contribution in [3.05, 3.63) is 59.5 Å². The molecule has 4 nitrogen and oxygen atoms in total. The molecule has 0 aliphatic rings. The second-order valence-corrected chi connectivity index (χ2v) is 5.56. The lowest BCUT2D eigenvalue weighted by atomic mass is 10.1. The summed E-state index contributed by atoms with van der Waals surface area (Å²) in [5, 5.41) is 1.52. The van der Waals surface area contributed by atoms with E-state index in [1.165, 1.54) is 5.41 Å².